The lowest BCUT2D eigenvalue weighted by molar-refractivity contribution is -0.126. The molecular formula is C30H31ClN2O3. The van der Waals surface area contributed by atoms with Crippen LogP contribution in [0.15, 0.2) is 91.0 Å². The maximum absolute atomic E-state index is 13.8. The van der Waals surface area contributed by atoms with Crippen molar-refractivity contribution in [3.05, 3.63) is 113 Å². The first kappa shape index (κ1) is 25.5. The van der Waals surface area contributed by atoms with Gasteiger partial charge in [-0.25, -0.2) is 0 Å². The number of benzene rings is 3. The molecule has 1 aliphatic rings. The van der Waals surface area contributed by atoms with Crippen molar-refractivity contribution in [3.63, 3.8) is 0 Å². The largest absolute Gasteiger partial charge is 0.490 e. The number of halogens is 1. The highest BCUT2D eigenvalue weighted by Crippen LogP contribution is 2.26. The molecule has 0 saturated carbocycles. The van der Waals surface area contributed by atoms with Gasteiger partial charge in [0, 0.05) is 24.9 Å². The third kappa shape index (κ3) is 6.35. The van der Waals surface area contributed by atoms with E-state index in [2.05, 4.69) is 17.5 Å². The Kier molecular flexibility index (Phi) is 8.44. The van der Waals surface area contributed by atoms with Crippen LogP contribution in [0.25, 0.3) is 0 Å². The maximum Gasteiger partial charge on any atom is 0.258 e. The van der Waals surface area contributed by atoms with E-state index >= 15 is 0 Å². The van der Waals surface area contributed by atoms with Gasteiger partial charge >= 0.3 is 0 Å². The number of likely N-dealkylation sites (N-methyl/N-ethyl adjacent to an activating group) is 1. The van der Waals surface area contributed by atoms with E-state index in [1.165, 1.54) is 4.90 Å². The molecule has 1 N–H and O–H groups in total. The van der Waals surface area contributed by atoms with E-state index < -0.39 is 6.04 Å². The fourth-order valence-electron chi connectivity index (χ4n) is 4.38. The number of carbonyl (C=O) groups excluding carboxylic acids is 2. The van der Waals surface area contributed by atoms with Crippen molar-refractivity contribution in [2.75, 3.05) is 7.05 Å². The van der Waals surface area contributed by atoms with Gasteiger partial charge in [0.2, 0.25) is 5.91 Å². The summed E-state index contributed by atoms with van der Waals surface area (Å²) in [4.78, 5) is 29.0. The minimum atomic E-state index is -0.723. The van der Waals surface area contributed by atoms with Gasteiger partial charge in [-0.15, -0.1) is 0 Å². The Labute approximate surface area is 217 Å². The molecule has 0 bridgehead atoms. The highest BCUT2D eigenvalue weighted by Gasteiger charge is 2.31. The van der Waals surface area contributed by atoms with Gasteiger partial charge in [-0.3, -0.25) is 9.59 Å². The zero-order valence-corrected chi connectivity index (χ0v) is 21.3. The predicted octanol–water partition coefficient (Wildman–Crippen LogP) is 6.00. The molecule has 36 heavy (non-hydrogen) atoms. The number of nitrogens with zero attached hydrogens (tertiary/aromatic N) is 1. The minimum absolute atomic E-state index is 0.122. The number of fused-ring (bicyclic) bond motifs is 1. The number of nitrogens with one attached hydrogen (secondary N) is 1. The van der Waals surface area contributed by atoms with Gasteiger partial charge in [-0.1, -0.05) is 78.4 Å². The quantitative estimate of drug-likeness (QED) is 0.447. The summed E-state index contributed by atoms with van der Waals surface area (Å²) in [5.74, 6) is 0.0284. The Morgan fingerprint density at radius 2 is 1.67 bits per heavy atom. The summed E-state index contributed by atoms with van der Waals surface area (Å²) < 4.78 is 6.15. The molecule has 3 aromatic rings. The second kappa shape index (κ2) is 11.9. The van der Waals surface area contributed by atoms with Crippen LogP contribution in [-0.2, 0) is 11.2 Å². The maximum atomic E-state index is 13.8. The molecule has 186 valence electrons. The summed E-state index contributed by atoms with van der Waals surface area (Å²) >= 11 is 6.26. The summed E-state index contributed by atoms with van der Waals surface area (Å²) in [5, 5.41) is 3.81. The van der Waals surface area contributed by atoms with Gasteiger partial charge < -0.3 is 15.0 Å². The molecule has 3 atom stereocenters. The van der Waals surface area contributed by atoms with Gasteiger partial charge in [0.25, 0.3) is 5.91 Å². The second-order valence-corrected chi connectivity index (χ2v) is 9.54. The van der Waals surface area contributed by atoms with Crippen molar-refractivity contribution in [2.45, 2.75) is 44.4 Å². The molecule has 0 radical (unpaired) electrons. The molecule has 5 nitrogen and oxygen atoms in total. The Balaban J connectivity index is 1.73. The standard InChI is InChI=1S/C30H31ClN2O3/c1-21-11-6-8-17-26(23-14-10-15-24(31)20-23)32-29(34)27(19-22-12-4-3-5-13-22)33(2)30(35)25-16-7-9-18-28(25)36-21/h3-10,12-16,18,20-21,26-27H,11,17,19H2,1-2H3,(H,32,34)/b8-6+/t21-,26-,27+/m1/s1. The van der Waals surface area contributed by atoms with E-state index in [1.54, 1.807) is 19.2 Å². The molecule has 0 aliphatic carbocycles. The Morgan fingerprint density at radius 1 is 0.944 bits per heavy atom. The van der Waals surface area contributed by atoms with Crippen LogP contribution >= 0.6 is 11.6 Å². The van der Waals surface area contributed by atoms with Crippen LogP contribution < -0.4 is 10.1 Å². The van der Waals surface area contributed by atoms with E-state index in [1.807, 2.05) is 73.7 Å². The smallest absolute Gasteiger partial charge is 0.258 e. The van der Waals surface area contributed by atoms with E-state index in [9.17, 15) is 9.59 Å². The van der Waals surface area contributed by atoms with E-state index in [-0.39, 0.29) is 24.0 Å². The number of para-hydroxylation sites is 1. The van der Waals surface area contributed by atoms with Crippen molar-refractivity contribution in [1.29, 1.82) is 0 Å². The van der Waals surface area contributed by atoms with Crippen molar-refractivity contribution in [1.82, 2.24) is 10.2 Å². The molecule has 1 heterocycles. The van der Waals surface area contributed by atoms with Gasteiger partial charge in [-0.2, -0.15) is 0 Å². The summed E-state index contributed by atoms with van der Waals surface area (Å²) in [5.41, 5.74) is 2.32. The third-order valence-electron chi connectivity index (χ3n) is 6.38. The van der Waals surface area contributed by atoms with Crippen LogP contribution in [0.5, 0.6) is 5.75 Å². The number of hydrogen-bond donors (Lipinski definition) is 1. The lowest BCUT2D eigenvalue weighted by atomic mass is 9.99. The highest BCUT2D eigenvalue weighted by molar-refractivity contribution is 6.30. The third-order valence-corrected chi connectivity index (χ3v) is 6.62. The SMILES string of the molecule is C[C@@H]1C/C=C/C[C@H](c2cccc(Cl)c2)NC(=O)[C@H](Cc2ccccc2)N(C)C(=O)c2ccccc2O1. The van der Waals surface area contributed by atoms with Crippen LogP contribution in [0.1, 0.15) is 47.3 Å². The second-order valence-electron chi connectivity index (χ2n) is 9.11. The van der Waals surface area contributed by atoms with Crippen LogP contribution in [0.3, 0.4) is 0 Å². The van der Waals surface area contributed by atoms with Crippen LogP contribution in [0.2, 0.25) is 5.02 Å². The van der Waals surface area contributed by atoms with Gasteiger partial charge in [0.05, 0.1) is 17.7 Å². The van der Waals surface area contributed by atoms with Crippen LogP contribution in [0, 0.1) is 0 Å². The zero-order chi connectivity index (χ0) is 25.5. The number of carbonyl (C=O) groups is 2. The first-order valence-electron chi connectivity index (χ1n) is 12.2. The van der Waals surface area contributed by atoms with E-state index in [0.717, 1.165) is 11.1 Å². The van der Waals surface area contributed by atoms with Crippen molar-refractivity contribution in [3.8, 4) is 5.75 Å². The number of amides is 2. The van der Waals surface area contributed by atoms with Gasteiger partial charge in [0.15, 0.2) is 0 Å². The van der Waals surface area contributed by atoms with E-state index in [0.29, 0.717) is 35.6 Å². The van der Waals surface area contributed by atoms with Gasteiger partial charge in [-0.05, 0) is 48.7 Å². The Bertz CT molecular complexity index is 1230. The molecule has 0 aromatic heterocycles. The minimum Gasteiger partial charge on any atom is -0.490 e. The first-order chi connectivity index (χ1) is 17.4. The fraction of sp³-hybridized carbons (Fsp3) is 0.267. The number of hydrogen-bond acceptors (Lipinski definition) is 3. The van der Waals surface area contributed by atoms with Crippen molar-refractivity contribution >= 4 is 23.4 Å². The highest BCUT2D eigenvalue weighted by atomic mass is 35.5. The monoisotopic (exact) mass is 502 g/mol. The molecule has 6 heteroatoms. The summed E-state index contributed by atoms with van der Waals surface area (Å²) in [6.07, 6.45) is 5.63. The van der Waals surface area contributed by atoms with Gasteiger partial charge in [0.1, 0.15) is 11.8 Å². The summed E-state index contributed by atoms with van der Waals surface area (Å²) in [6.45, 7) is 1.98. The molecule has 2 amide bonds. The molecule has 0 unspecified atom stereocenters. The zero-order valence-electron chi connectivity index (χ0n) is 20.6. The van der Waals surface area contributed by atoms with Crippen molar-refractivity contribution < 1.29 is 14.3 Å². The lowest BCUT2D eigenvalue weighted by Gasteiger charge is -2.30. The fourth-order valence-corrected chi connectivity index (χ4v) is 4.57. The first-order valence-corrected chi connectivity index (χ1v) is 12.6. The molecule has 3 aromatic carbocycles. The average Bonchev–Trinajstić information content (AvgIpc) is 2.88. The Morgan fingerprint density at radius 3 is 2.44 bits per heavy atom. The topological polar surface area (TPSA) is 58.6 Å². The molecule has 1 aliphatic heterocycles. The molecule has 0 spiro atoms. The number of ether oxygens (including phenoxy) is 1. The predicted molar refractivity (Wildman–Crippen MR) is 143 cm³/mol. The lowest BCUT2D eigenvalue weighted by Crippen LogP contribution is -2.49. The average molecular weight is 503 g/mol. The molecular weight excluding hydrogens is 472 g/mol. The Hall–Kier alpha value is -3.57. The normalized spacial score (nSPS) is 22.1. The number of rotatable bonds is 3. The summed E-state index contributed by atoms with van der Waals surface area (Å²) in [7, 11) is 1.68. The van der Waals surface area contributed by atoms with Crippen LogP contribution in [0.4, 0.5) is 0 Å². The van der Waals surface area contributed by atoms with Crippen LogP contribution in [-0.4, -0.2) is 35.9 Å². The molecule has 4 rings (SSSR count). The summed E-state index contributed by atoms with van der Waals surface area (Å²) in [6, 6.07) is 23.4. The van der Waals surface area contributed by atoms with E-state index in [4.69, 9.17) is 16.3 Å². The molecule has 0 fully saturated rings. The molecule has 0 saturated heterocycles. The van der Waals surface area contributed by atoms with Crippen molar-refractivity contribution in [2.24, 2.45) is 0 Å².